The summed E-state index contributed by atoms with van der Waals surface area (Å²) in [5, 5.41) is 0. The van der Waals surface area contributed by atoms with Crippen LogP contribution in [0.15, 0.2) is 0 Å². The maximum absolute atomic E-state index is 4.06. The fourth-order valence-corrected chi connectivity index (χ4v) is 0.184. The Balaban J connectivity index is 2.19. The van der Waals surface area contributed by atoms with Crippen molar-refractivity contribution in [3.8, 4) is 0 Å². The highest BCUT2D eigenvalue weighted by atomic mass is 32.1. The van der Waals surface area contributed by atoms with Crippen LogP contribution in [0.4, 0.5) is 0 Å². The highest BCUT2D eigenvalue weighted by molar-refractivity contribution is 7.78. The summed E-state index contributed by atoms with van der Waals surface area (Å²) in [5.74, 6) is 0. The van der Waals surface area contributed by atoms with E-state index in [4.69, 9.17) is 0 Å². The second-order valence-corrected chi connectivity index (χ2v) is 0.650. The fourth-order valence-electron chi connectivity index (χ4n) is 0.0204. The van der Waals surface area contributed by atoms with Gasteiger partial charge in [0.1, 0.15) is 0 Å². The van der Waals surface area contributed by atoms with Crippen LogP contribution in [0, 0.1) is 0 Å². The number of thiol groups is 2. The number of hydrogen-bond donors (Lipinski definition) is 4. The summed E-state index contributed by atoms with van der Waals surface area (Å²) in [6.45, 7) is 0. The highest BCUT2D eigenvalue weighted by Gasteiger charge is 1.60. The van der Waals surface area contributed by atoms with Crippen LogP contribution >= 0.6 is 25.6 Å². The number of rotatable bonds is 2. The summed E-state index contributed by atoms with van der Waals surface area (Å²) in [6.07, 6.45) is 0. The maximum Gasteiger partial charge on any atom is -0.0700 e. The summed E-state index contributed by atoms with van der Waals surface area (Å²) in [4.78, 5) is 8.11. The lowest BCUT2D eigenvalue weighted by molar-refractivity contribution is 0.0703. The molecule has 0 saturated carbocycles. The fraction of sp³-hybridized carbons (Fsp3) is 0. The van der Waals surface area contributed by atoms with Gasteiger partial charge in [0.2, 0.25) is 0 Å². The molecule has 0 radical (unpaired) electrons. The van der Waals surface area contributed by atoms with Crippen molar-refractivity contribution in [2.45, 2.75) is 0 Å². The molecule has 5 heteroatoms. The molecule has 0 saturated heterocycles. The van der Waals surface area contributed by atoms with Crippen molar-refractivity contribution < 1.29 is 4.94 Å². The normalized spacial score (nSPS) is 8.40. The molecule has 0 aliphatic heterocycles. The molecule has 0 aromatic carbocycles. The average Bonchev–Trinajstić information content (AvgIpc) is 1.41. The van der Waals surface area contributed by atoms with Gasteiger partial charge in [0, 0.05) is 0 Å². The summed E-state index contributed by atoms with van der Waals surface area (Å²) in [6, 6.07) is 0. The van der Waals surface area contributed by atoms with E-state index < -0.39 is 0 Å². The van der Waals surface area contributed by atoms with E-state index in [2.05, 4.69) is 30.6 Å². The van der Waals surface area contributed by atoms with E-state index in [1.165, 1.54) is 0 Å². The predicted octanol–water partition coefficient (Wildman–Crippen LogP) is -0.298. The molecular weight excluding hydrogens is 108 g/mol. The SMILES string of the molecule is SNONS. The number of nitrogens with one attached hydrogen (secondary N) is 2. The number of hydrogen-bond acceptors (Lipinski definition) is 5. The first kappa shape index (κ1) is 5.58. The first-order valence-electron chi connectivity index (χ1n) is 0.855. The largest absolute Gasteiger partial charge is 0.193 e. The van der Waals surface area contributed by atoms with E-state index in [0.717, 1.165) is 0 Å². The Morgan fingerprint density at radius 1 is 1.20 bits per heavy atom. The van der Waals surface area contributed by atoms with Crippen LogP contribution in [0.5, 0.6) is 0 Å². The molecule has 0 aromatic rings. The molecule has 0 unspecified atom stereocenters. The Labute approximate surface area is 41.1 Å². The topological polar surface area (TPSA) is 33.3 Å². The molecule has 0 atom stereocenters. The van der Waals surface area contributed by atoms with Gasteiger partial charge in [-0.3, -0.25) is 0 Å². The van der Waals surface area contributed by atoms with Crippen molar-refractivity contribution >= 4 is 25.6 Å². The lowest BCUT2D eigenvalue weighted by Gasteiger charge is -1.87. The van der Waals surface area contributed by atoms with Crippen molar-refractivity contribution in [1.29, 1.82) is 0 Å². The second-order valence-electron chi connectivity index (χ2n) is 0.285. The molecule has 5 heavy (non-hydrogen) atoms. The van der Waals surface area contributed by atoms with Gasteiger partial charge in [0.05, 0.1) is 0 Å². The summed E-state index contributed by atoms with van der Waals surface area (Å²) >= 11 is 6.83. The average molecular weight is 112 g/mol. The Morgan fingerprint density at radius 3 is 1.60 bits per heavy atom. The van der Waals surface area contributed by atoms with Gasteiger partial charge < -0.3 is 0 Å². The molecule has 0 rings (SSSR count). The van der Waals surface area contributed by atoms with Gasteiger partial charge in [0.25, 0.3) is 0 Å². The molecule has 2 N–H and O–H groups in total. The second kappa shape index (κ2) is 4.58. The highest BCUT2D eigenvalue weighted by Crippen LogP contribution is 1.58. The summed E-state index contributed by atoms with van der Waals surface area (Å²) in [5.41, 5.74) is 0. The molecule has 0 aromatic heterocycles. The van der Waals surface area contributed by atoms with Gasteiger partial charge in [-0.05, 0) is 0 Å². The monoisotopic (exact) mass is 112 g/mol. The van der Waals surface area contributed by atoms with Gasteiger partial charge in [-0.1, -0.05) is 25.6 Å². The molecule has 0 aliphatic carbocycles. The third kappa shape index (κ3) is 4.58. The minimum Gasteiger partial charge on any atom is -0.193 e. The lowest BCUT2D eigenvalue weighted by Crippen LogP contribution is -2.07. The minimum atomic E-state index is 2.02. The van der Waals surface area contributed by atoms with Crippen molar-refractivity contribution in [3.05, 3.63) is 0 Å². The van der Waals surface area contributed by atoms with Crippen LogP contribution in [0.2, 0.25) is 0 Å². The zero-order chi connectivity index (χ0) is 4.12. The summed E-state index contributed by atoms with van der Waals surface area (Å²) < 4.78 is 0. The van der Waals surface area contributed by atoms with Crippen molar-refractivity contribution in [2.24, 2.45) is 0 Å². The Kier molecular flexibility index (Phi) is 5.11. The molecule has 0 heterocycles. The molecule has 0 spiro atoms. The van der Waals surface area contributed by atoms with Crippen LogP contribution in [0.1, 0.15) is 0 Å². The first-order chi connectivity index (χ1) is 2.41. The Hall–Kier alpha value is 0.580. The zero-order valence-electron chi connectivity index (χ0n) is 2.30. The first-order valence-corrected chi connectivity index (χ1v) is 1.75. The molecule has 3 nitrogen and oxygen atoms in total. The lowest BCUT2D eigenvalue weighted by atomic mass is 13.2. The molecule has 0 amide bonds. The van der Waals surface area contributed by atoms with Crippen LogP contribution in [-0.2, 0) is 4.94 Å². The smallest absolute Gasteiger partial charge is 0.0700 e. The standard InChI is InChI=1S/H4N2OS2/c4-1-3-2-5/h1-2,4-5H. The quantitative estimate of drug-likeness (QED) is 0.292. The zero-order valence-corrected chi connectivity index (χ0v) is 4.09. The van der Waals surface area contributed by atoms with E-state index in [1.54, 1.807) is 0 Å². The maximum atomic E-state index is 4.06. The molecule has 0 aliphatic rings. The van der Waals surface area contributed by atoms with Gasteiger partial charge in [-0.15, -0.1) is 9.77 Å². The summed E-state index contributed by atoms with van der Waals surface area (Å²) in [7, 11) is 0. The van der Waals surface area contributed by atoms with Gasteiger partial charge in [-0.2, -0.15) is 4.94 Å². The molecular formula is H4N2OS2. The molecule has 0 fully saturated rings. The molecule has 0 bridgehead atoms. The predicted molar refractivity (Wildman–Crippen MR) is 25.3 cm³/mol. The van der Waals surface area contributed by atoms with Crippen molar-refractivity contribution in [2.75, 3.05) is 0 Å². The van der Waals surface area contributed by atoms with Crippen molar-refractivity contribution in [3.63, 3.8) is 0 Å². The Bertz CT molecular complexity index is 15.1. The third-order valence-corrected chi connectivity index (χ3v) is 0.274. The minimum absolute atomic E-state index is 2.02. The Morgan fingerprint density at radius 2 is 1.60 bits per heavy atom. The van der Waals surface area contributed by atoms with E-state index in [1.807, 2.05) is 9.77 Å². The van der Waals surface area contributed by atoms with E-state index in [0.29, 0.717) is 0 Å². The third-order valence-electron chi connectivity index (χ3n) is 0.0913. The van der Waals surface area contributed by atoms with Gasteiger partial charge >= 0.3 is 0 Å². The van der Waals surface area contributed by atoms with Crippen molar-refractivity contribution in [1.82, 2.24) is 9.77 Å². The molecule has 32 valence electrons. The van der Waals surface area contributed by atoms with E-state index >= 15 is 0 Å². The van der Waals surface area contributed by atoms with Crippen LogP contribution in [-0.4, -0.2) is 0 Å². The van der Waals surface area contributed by atoms with Crippen LogP contribution in [0.3, 0.4) is 0 Å². The van der Waals surface area contributed by atoms with Crippen LogP contribution < -0.4 is 9.77 Å². The van der Waals surface area contributed by atoms with E-state index in [-0.39, 0.29) is 0 Å². The van der Waals surface area contributed by atoms with Gasteiger partial charge in [-0.25, -0.2) is 0 Å². The van der Waals surface area contributed by atoms with E-state index in [9.17, 15) is 0 Å². The van der Waals surface area contributed by atoms with Gasteiger partial charge in [0.15, 0.2) is 0 Å². The van der Waals surface area contributed by atoms with Crippen LogP contribution in [0.25, 0.3) is 0 Å².